The number of guanidine groups is 1. The second-order valence-corrected chi connectivity index (χ2v) is 8.31. The van der Waals surface area contributed by atoms with E-state index in [1.807, 2.05) is 13.1 Å². The number of methoxy groups -OCH3 is 1. The van der Waals surface area contributed by atoms with E-state index in [9.17, 15) is 0 Å². The van der Waals surface area contributed by atoms with Gasteiger partial charge in [-0.05, 0) is 25.1 Å². The topological polar surface area (TPSA) is 46.6 Å². The van der Waals surface area contributed by atoms with Crippen LogP contribution in [0.3, 0.4) is 0 Å². The van der Waals surface area contributed by atoms with Crippen molar-refractivity contribution in [3.8, 4) is 5.75 Å². The van der Waals surface area contributed by atoms with Crippen LogP contribution in [-0.4, -0.2) is 107 Å². The summed E-state index contributed by atoms with van der Waals surface area (Å²) in [5, 5.41) is 3.61. The van der Waals surface area contributed by atoms with Gasteiger partial charge >= 0.3 is 0 Å². The maximum Gasteiger partial charge on any atom is 0.193 e. The molecule has 2 aliphatic heterocycles. The maximum atomic E-state index is 5.36. The zero-order valence-electron chi connectivity index (χ0n) is 18.6. The van der Waals surface area contributed by atoms with Crippen molar-refractivity contribution in [3.63, 3.8) is 0 Å². The molecule has 1 aromatic carbocycles. The molecule has 2 aliphatic rings. The number of aliphatic imine (C=N–C) groups is 1. The van der Waals surface area contributed by atoms with E-state index in [0.717, 1.165) is 51.0 Å². The van der Waals surface area contributed by atoms with Gasteiger partial charge in [-0.3, -0.25) is 4.99 Å². The molecule has 2 saturated heterocycles. The standard InChI is InChI=1S/C22H38N6O/c1-19(18-26-10-8-25(3)9-11-26)17-24-22(23-2)28-14-12-27(13-15-28)20-6-5-7-21(16-20)29-4/h5-7,16,19H,8-15,17-18H2,1-4H3,(H,23,24). The minimum absolute atomic E-state index is 0.605. The van der Waals surface area contributed by atoms with Crippen molar-refractivity contribution >= 4 is 11.6 Å². The number of benzene rings is 1. The quantitative estimate of drug-likeness (QED) is 0.571. The van der Waals surface area contributed by atoms with Gasteiger partial charge in [-0.1, -0.05) is 13.0 Å². The monoisotopic (exact) mass is 402 g/mol. The van der Waals surface area contributed by atoms with Crippen LogP contribution in [0.15, 0.2) is 29.3 Å². The second-order valence-electron chi connectivity index (χ2n) is 8.31. The number of nitrogens with zero attached hydrogens (tertiary/aromatic N) is 5. The van der Waals surface area contributed by atoms with Crippen molar-refractivity contribution in [2.45, 2.75) is 6.92 Å². The average molecular weight is 403 g/mol. The van der Waals surface area contributed by atoms with Crippen LogP contribution < -0.4 is 15.0 Å². The third-order valence-corrected chi connectivity index (χ3v) is 5.98. The lowest BCUT2D eigenvalue weighted by atomic mass is 10.1. The lowest BCUT2D eigenvalue weighted by Gasteiger charge is -2.38. The molecule has 0 saturated carbocycles. The molecule has 29 heavy (non-hydrogen) atoms. The van der Waals surface area contributed by atoms with Crippen LogP contribution in [0.2, 0.25) is 0 Å². The van der Waals surface area contributed by atoms with Gasteiger partial charge in [0.1, 0.15) is 5.75 Å². The van der Waals surface area contributed by atoms with Crippen molar-refractivity contribution in [2.75, 3.05) is 91.6 Å². The highest BCUT2D eigenvalue weighted by molar-refractivity contribution is 5.80. The molecule has 2 fully saturated rings. The molecule has 0 aromatic heterocycles. The normalized spacial score (nSPS) is 20.6. The summed E-state index contributed by atoms with van der Waals surface area (Å²) in [6.45, 7) is 13.1. The third kappa shape index (κ3) is 6.24. The van der Waals surface area contributed by atoms with E-state index in [4.69, 9.17) is 4.74 Å². The molecule has 0 bridgehead atoms. The first-order valence-electron chi connectivity index (χ1n) is 10.8. The van der Waals surface area contributed by atoms with Crippen LogP contribution in [-0.2, 0) is 0 Å². The van der Waals surface area contributed by atoms with Crippen molar-refractivity contribution in [1.82, 2.24) is 20.0 Å². The first kappa shape index (κ1) is 21.7. The summed E-state index contributed by atoms with van der Waals surface area (Å²) >= 11 is 0. The maximum absolute atomic E-state index is 5.36. The first-order valence-corrected chi connectivity index (χ1v) is 10.8. The Hall–Kier alpha value is -1.99. The number of nitrogens with one attached hydrogen (secondary N) is 1. The molecule has 7 nitrogen and oxygen atoms in total. The number of ether oxygens (including phenoxy) is 1. The van der Waals surface area contributed by atoms with Gasteiger partial charge in [-0.25, -0.2) is 0 Å². The summed E-state index contributed by atoms with van der Waals surface area (Å²) in [6, 6.07) is 8.33. The van der Waals surface area contributed by atoms with Gasteiger partial charge < -0.3 is 29.7 Å². The van der Waals surface area contributed by atoms with Crippen molar-refractivity contribution in [2.24, 2.45) is 10.9 Å². The van der Waals surface area contributed by atoms with Gasteiger partial charge in [0.15, 0.2) is 5.96 Å². The van der Waals surface area contributed by atoms with Crippen LogP contribution in [0.5, 0.6) is 5.75 Å². The van der Waals surface area contributed by atoms with E-state index in [2.05, 4.69) is 62.1 Å². The summed E-state index contributed by atoms with van der Waals surface area (Å²) in [4.78, 5) is 14.3. The van der Waals surface area contributed by atoms with Crippen molar-refractivity contribution in [3.05, 3.63) is 24.3 Å². The number of hydrogen-bond acceptors (Lipinski definition) is 5. The Kier molecular flexibility index (Phi) is 8.00. The molecule has 0 radical (unpaired) electrons. The van der Waals surface area contributed by atoms with Gasteiger partial charge in [-0.15, -0.1) is 0 Å². The minimum atomic E-state index is 0.605. The fourth-order valence-electron chi connectivity index (χ4n) is 4.12. The third-order valence-electron chi connectivity index (χ3n) is 5.98. The molecule has 2 heterocycles. The van der Waals surface area contributed by atoms with E-state index < -0.39 is 0 Å². The predicted molar refractivity (Wildman–Crippen MR) is 121 cm³/mol. The highest BCUT2D eigenvalue weighted by atomic mass is 16.5. The fraction of sp³-hybridized carbons (Fsp3) is 0.682. The van der Waals surface area contributed by atoms with Crippen LogP contribution in [0.4, 0.5) is 5.69 Å². The minimum Gasteiger partial charge on any atom is -0.497 e. The van der Waals surface area contributed by atoms with E-state index in [-0.39, 0.29) is 0 Å². The van der Waals surface area contributed by atoms with Crippen LogP contribution >= 0.6 is 0 Å². The Morgan fingerprint density at radius 3 is 2.48 bits per heavy atom. The Morgan fingerprint density at radius 2 is 1.83 bits per heavy atom. The van der Waals surface area contributed by atoms with Crippen LogP contribution in [0.1, 0.15) is 6.92 Å². The highest BCUT2D eigenvalue weighted by Crippen LogP contribution is 2.22. The number of piperazine rings is 2. The van der Waals surface area contributed by atoms with Crippen molar-refractivity contribution < 1.29 is 4.74 Å². The molecule has 162 valence electrons. The largest absolute Gasteiger partial charge is 0.497 e. The zero-order chi connectivity index (χ0) is 20.6. The van der Waals surface area contributed by atoms with Crippen molar-refractivity contribution in [1.29, 1.82) is 0 Å². The highest BCUT2D eigenvalue weighted by Gasteiger charge is 2.21. The van der Waals surface area contributed by atoms with Gasteiger partial charge in [-0.2, -0.15) is 0 Å². The average Bonchev–Trinajstić information content (AvgIpc) is 2.76. The van der Waals surface area contributed by atoms with Gasteiger partial charge in [0, 0.05) is 84.2 Å². The van der Waals surface area contributed by atoms with Gasteiger partial charge in [0.2, 0.25) is 0 Å². The van der Waals surface area contributed by atoms with Gasteiger partial charge in [0.05, 0.1) is 7.11 Å². The number of rotatable bonds is 6. The molecular formula is C22H38N6O. The Morgan fingerprint density at radius 1 is 1.10 bits per heavy atom. The van der Waals surface area contributed by atoms with Gasteiger partial charge in [0.25, 0.3) is 0 Å². The number of anilines is 1. The summed E-state index contributed by atoms with van der Waals surface area (Å²) < 4.78 is 5.36. The molecule has 3 rings (SSSR count). The lowest BCUT2D eigenvalue weighted by Crippen LogP contribution is -2.53. The summed E-state index contributed by atoms with van der Waals surface area (Å²) in [6.07, 6.45) is 0. The lowest BCUT2D eigenvalue weighted by molar-refractivity contribution is 0.139. The fourth-order valence-corrected chi connectivity index (χ4v) is 4.12. The smallest absolute Gasteiger partial charge is 0.193 e. The molecular weight excluding hydrogens is 364 g/mol. The molecule has 0 amide bonds. The van der Waals surface area contributed by atoms with E-state index in [1.165, 1.54) is 31.9 Å². The molecule has 7 heteroatoms. The molecule has 1 unspecified atom stereocenters. The van der Waals surface area contributed by atoms with Crippen LogP contribution in [0, 0.1) is 5.92 Å². The predicted octanol–water partition coefficient (Wildman–Crippen LogP) is 1.28. The van der Waals surface area contributed by atoms with E-state index in [1.54, 1.807) is 7.11 Å². The first-order chi connectivity index (χ1) is 14.1. The van der Waals surface area contributed by atoms with E-state index >= 15 is 0 Å². The summed E-state index contributed by atoms with van der Waals surface area (Å²) in [5.41, 5.74) is 1.23. The SMILES string of the molecule is CN=C(NCC(C)CN1CCN(C)CC1)N1CCN(c2cccc(OC)c2)CC1. The Balaban J connectivity index is 1.42. The Labute approximate surface area is 176 Å². The van der Waals surface area contributed by atoms with Crippen LogP contribution in [0.25, 0.3) is 0 Å². The Bertz CT molecular complexity index is 650. The molecule has 1 atom stereocenters. The molecule has 0 aliphatic carbocycles. The van der Waals surface area contributed by atoms with E-state index in [0.29, 0.717) is 5.92 Å². The molecule has 1 N–H and O–H groups in total. The molecule has 0 spiro atoms. The number of likely N-dealkylation sites (N-methyl/N-ethyl adjacent to an activating group) is 1. The summed E-state index contributed by atoms with van der Waals surface area (Å²) in [7, 11) is 5.82. The zero-order valence-corrected chi connectivity index (χ0v) is 18.6. The number of hydrogen-bond donors (Lipinski definition) is 1. The summed E-state index contributed by atoms with van der Waals surface area (Å²) in [5.74, 6) is 2.55. The second kappa shape index (κ2) is 10.7. The molecule has 1 aromatic rings.